The normalized spacial score (nSPS) is 18.2. The monoisotopic (exact) mass is 432 g/mol. The summed E-state index contributed by atoms with van der Waals surface area (Å²) in [4.78, 5) is 20.0. The van der Waals surface area contributed by atoms with E-state index in [1.165, 1.54) is 5.57 Å². The predicted octanol–water partition coefficient (Wildman–Crippen LogP) is 5.09. The van der Waals surface area contributed by atoms with Gasteiger partial charge in [0.25, 0.3) is 0 Å². The van der Waals surface area contributed by atoms with Crippen LogP contribution in [0.4, 0.5) is 5.82 Å². The highest BCUT2D eigenvalue weighted by Gasteiger charge is 2.23. The quantitative estimate of drug-likeness (QED) is 0.400. The Kier molecular flexibility index (Phi) is 6.85. The van der Waals surface area contributed by atoms with Crippen molar-refractivity contribution in [1.82, 2.24) is 24.8 Å². The Morgan fingerprint density at radius 3 is 3.00 bits per heavy atom. The Bertz CT molecular complexity index is 1130. The lowest BCUT2D eigenvalue weighted by molar-refractivity contribution is 0.246. The van der Waals surface area contributed by atoms with Crippen LogP contribution in [0.3, 0.4) is 0 Å². The Hall–Kier alpha value is -3.19. The molecule has 3 aromatic heterocycles. The van der Waals surface area contributed by atoms with Crippen molar-refractivity contribution < 1.29 is 4.74 Å². The van der Waals surface area contributed by atoms with Gasteiger partial charge in [0.1, 0.15) is 11.6 Å². The highest BCUT2D eigenvalue weighted by molar-refractivity contribution is 5.93. The average molecular weight is 433 g/mol. The van der Waals surface area contributed by atoms with Crippen LogP contribution in [0, 0.1) is 0 Å². The topological polar surface area (TPSA) is 79.0 Å². The van der Waals surface area contributed by atoms with Crippen molar-refractivity contribution >= 4 is 16.7 Å². The number of aromatic amines is 1. The minimum Gasteiger partial charge on any atom is -0.504 e. The smallest absolute Gasteiger partial charge is 0.135 e. The van der Waals surface area contributed by atoms with Crippen molar-refractivity contribution in [2.75, 3.05) is 32.6 Å². The fourth-order valence-electron chi connectivity index (χ4n) is 4.17. The average Bonchev–Trinajstić information content (AvgIpc) is 3.30. The summed E-state index contributed by atoms with van der Waals surface area (Å²) in [5.74, 6) is 1.98. The van der Waals surface area contributed by atoms with Crippen molar-refractivity contribution in [1.29, 1.82) is 0 Å². The van der Waals surface area contributed by atoms with Crippen molar-refractivity contribution in [3.63, 3.8) is 0 Å². The molecule has 1 fully saturated rings. The van der Waals surface area contributed by atoms with E-state index in [0.717, 1.165) is 71.9 Å². The Morgan fingerprint density at radius 1 is 1.34 bits per heavy atom. The molecule has 1 unspecified atom stereocenters. The number of fused-ring (bicyclic) bond motifs is 1. The van der Waals surface area contributed by atoms with Gasteiger partial charge < -0.3 is 19.9 Å². The van der Waals surface area contributed by atoms with Crippen LogP contribution >= 0.6 is 0 Å². The number of aromatic nitrogens is 4. The molecule has 0 saturated carbocycles. The van der Waals surface area contributed by atoms with Crippen LogP contribution in [0.1, 0.15) is 44.9 Å². The van der Waals surface area contributed by atoms with Gasteiger partial charge in [-0.1, -0.05) is 6.92 Å². The summed E-state index contributed by atoms with van der Waals surface area (Å²) >= 11 is 0. The molecule has 168 valence electrons. The van der Waals surface area contributed by atoms with E-state index in [-0.39, 0.29) is 0 Å². The first kappa shape index (κ1) is 22.0. The van der Waals surface area contributed by atoms with Crippen LogP contribution in [-0.2, 0) is 4.74 Å². The number of allylic oxidation sites excluding steroid dienone is 2. The lowest BCUT2D eigenvalue weighted by atomic mass is 9.97. The molecule has 0 amide bonds. The van der Waals surface area contributed by atoms with Crippen LogP contribution in [0.2, 0.25) is 0 Å². The van der Waals surface area contributed by atoms with Gasteiger partial charge in [-0.15, -0.1) is 0 Å². The zero-order chi connectivity index (χ0) is 22.5. The van der Waals surface area contributed by atoms with Crippen LogP contribution in [0.15, 0.2) is 54.3 Å². The number of nitrogens with one attached hydrogen (secondary N) is 2. The van der Waals surface area contributed by atoms with Crippen LogP contribution in [0.25, 0.3) is 22.2 Å². The molecule has 4 rings (SSSR count). The largest absolute Gasteiger partial charge is 0.504 e. The van der Waals surface area contributed by atoms with Gasteiger partial charge in [-0.25, -0.2) is 9.97 Å². The number of likely N-dealkylation sites (N-methyl/N-ethyl adjacent to an activating group) is 1. The molecule has 7 nitrogen and oxygen atoms in total. The van der Waals surface area contributed by atoms with Gasteiger partial charge in [-0.05, 0) is 57.5 Å². The van der Waals surface area contributed by atoms with E-state index >= 15 is 0 Å². The molecule has 1 aliphatic rings. The summed E-state index contributed by atoms with van der Waals surface area (Å²) in [5, 5.41) is 4.63. The van der Waals surface area contributed by atoms with Crippen LogP contribution in [-0.4, -0.2) is 52.1 Å². The lowest BCUT2D eigenvalue weighted by Crippen LogP contribution is -2.31. The fourth-order valence-corrected chi connectivity index (χ4v) is 4.17. The lowest BCUT2D eigenvalue weighted by Gasteiger charge is -2.29. The zero-order valence-electron chi connectivity index (χ0n) is 19.4. The van der Waals surface area contributed by atoms with Gasteiger partial charge in [0.05, 0.1) is 30.8 Å². The second-order valence-electron chi connectivity index (χ2n) is 8.43. The van der Waals surface area contributed by atoms with Crippen LogP contribution < -0.4 is 5.32 Å². The van der Waals surface area contributed by atoms with Gasteiger partial charge >= 0.3 is 0 Å². The summed E-state index contributed by atoms with van der Waals surface area (Å²) in [6.07, 6.45) is 12.5. The molecule has 0 spiro atoms. The maximum absolute atomic E-state index is 5.16. The summed E-state index contributed by atoms with van der Waals surface area (Å²) in [6, 6.07) is 4.09. The molecule has 0 radical (unpaired) electrons. The number of hydrogen-bond donors (Lipinski definition) is 2. The highest BCUT2D eigenvalue weighted by Crippen LogP contribution is 2.31. The van der Waals surface area contributed by atoms with E-state index in [0.29, 0.717) is 5.92 Å². The number of pyridine rings is 1. The Labute approximate surface area is 189 Å². The number of anilines is 1. The van der Waals surface area contributed by atoms with E-state index in [1.807, 2.05) is 30.7 Å². The van der Waals surface area contributed by atoms with E-state index in [9.17, 15) is 0 Å². The summed E-state index contributed by atoms with van der Waals surface area (Å²) in [7, 11) is 3.82. The number of rotatable bonds is 7. The Morgan fingerprint density at radius 2 is 2.22 bits per heavy atom. The van der Waals surface area contributed by atoms with Gasteiger partial charge in [0.15, 0.2) is 0 Å². The second-order valence-corrected chi connectivity index (χ2v) is 8.43. The van der Waals surface area contributed by atoms with E-state index in [2.05, 4.69) is 47.1 Å². The first-order chi connectivity index (χ1) is 15.6. The van der Waals surface area contributed by atoms with E-state index in [4.69, 9.17) is 14.7 Å². The van der Waals surface area contributed by atoms with Gasteiger partial charge in [-0.3, -0.25) is 4.98 Å². The molecule has 0 bridgehead atoms. The molecule has 4 heterocycles. The summed E-state index contributed by atoms with van der Waals surface area (Å²) in [6.45, 7) is 6.35. The maximum Gasteiger partial charge on any atom is 0.135 e. The van der Waals surface area contributed by atoms with E-state index < -0.39 is 0 Å². The SMILES string of the molecule is CCC(C)=C(/C=C\OC)Nc1cc(-c2cncc3[nH]ccc23)nc(C2CCCN(C)C2)n1. The van der Waals surface area contributed by atoms with Crippen LogP contribution in [0.5, 0.6) is 0 Å². The Balaban J connectivity index is 1.80. The first-order valence-corrected chi connectivity index (χ1v) is 11.2. The third-order valence-electron chi connectivity index (χ3n) is 6.11. The number of hydrogen-bond acceptors (Lipinski definition) is 6. The summed E-state index contributed by atoms with van der Waals surface area (Å²) in [5.41, 5.74) is 5.10. The number of H-pyrrole nitrogens is 1. The number of likely N-dealkylation sites (tertiary alicyclic amines) is 1. The molecule has 1 atom stereocenters. The molecule has 32 heavy (non-hydrogen) atoms. The molecule has 3 aromatic rings. The molecular weight excluding hydrogens is 400 g/mol. The van der Waals surface area contributed by atoms with Gasteiger partial charge in [-0.2, -0.15) is 0 Å². The highest BCUT2D eigenvalue weighted by atomic mass is 16.5. The van der Waals surface area contributed by atoms with Gasteiger partial charge in [0, 0.05) is 47.6 Å². The second kappa shape index (κ2) is 9.96. The van der Waals surface area contributed by atoms with Gasteiger partial charge in [0.2, 0.25) is 0 Å². The standard InChI is InChI=1S/C25H32N6O/c1-5-17(2)21(9-12-32-4)28-24-13-22(20-14-26-15-23-19(20)8-10-27-23)29-25(30-24)18-7-6-11-31(3)16-18/h8-10,12-15,18,27H,5-7,11,16H2,1-4H3,(H,28,29,30)/b12-9-,21-17?. The number of piperidine rings is 1. The molecule has 1 saturated heterocycles. The summed E-state index contributed by atoms with van der Waals surface area (Å²) < 4.78 is 5.16. The molecule has 7 heteroatoms. The van der Waals surface area contributed by atoms with Crippen molar-refractivity contribution in [2.45, 2.75) is 39.0 Å². The minimum atomic E-state index is 0.307. The van der Waals surface area contributed by atoms with E-state index in [1.54, 1.807) is 13.4 Å². The first-order valence-electron chi connectivity index (χ1n) is 11.2. The number of ether oxygens (including phenoxy) is 1. The minimum absolute atomic E-state index is 0.307. The van der Waals surface area contributed by atoms with Crippen molar-refractivity contribution in [3.8, 4) is 11.3 Å². The predicted molar refractivity (Wildman–Crippen MR) is 129 cm³/mol. The molecular formula is C25H32N6O. The number of nitrogens with zero attached hydrogens (tertiary/aromatic N) is 4. The number of methoxy groups -OCH3 is 1. The molecule has 2 N–H and O–H groups in total. The zero-order valence-corrected chi connectivity index (χ0v) is 19.4. The van der Waals surface area contributed by atoms with Crippen molar-refractivity contribution in [2.24, 2.45) is 0 Å². The fraction of sp³-hybridized carbons (Fsp3) is 0.400. The third-order valence-corrected chi connectivity index (χ3v) is 6.11. The molecule has 0 aliphatic carbocycles. The van der Waals surface area contributed by atoms with Crippen molar-refractivity contribution in [3.05, 3.63) is 60.2 Å². The maximum atomic E-state index is 5.16. The molecule has 0 aromatic carbocycles. The third kappa shape index (κ3) is 4.83. The molecule has 1 aliphatic heterocycles.